The summed E-state index contributed by atoms with van der Waals surface area (Å²) in [5.74, 6) is -1.95. The number of aromatic amines is 1. The van der Waals surface area contributed by atoms with E-state index in [-0.39, 0.29) is 23.8 Å². The first-order valence-electron chi connectivity index (χ1n) is 8.79. The van der Waals surface area contributed by atoms with E-state index in [1.807, 2.05) is 6.07 Å². The molecule has 154 valence electrons. The molecule has 0 spiro atoms. The lowest BCUT2D eigenvalue weighted by Gasteiger charge is -2.27. The lowest BCUT2D eigenvalue weighted by molar-refractivity contribution is -0.193. The Labute approximate surface area is 166 Å². The predicted octanol–water partition coefficient (Wildman–Crippen LogP) is 3.42. The van der Waals surface area contributed by atoms with Crippen LogP contribution >= 0.6 is 0 Å². The second kappa shape index (κ2) is 6.98. The van der Waals surface area contributed by atoms with Crippen LogP contribution in [0.3, 0.4) is 0 Å². The van der Waals surface area contributed by atoms with E-state index < -0.39 is 42.2 Å². The van der Waals surface area contributed by atoms with Crippen LogP contribution in [0.2, 0.25) is 0 Å². The van der Waals surface area contributed by atoms with E-state index >= 15 is 0 Å². The molecule has 1 atom stereocenters. The molecule has 30 heavy (non-hydrogen) atoms. The van der Waals surface area contributed by atoms with Crippen LogP contribution in [0.1, 0.15) is 28.5 Å². The number of hydrogen-bond donors (Lipinski definition) is 1. The van der Waals surface area contributed by atoms with Crippen molar-refractivity contribution < 1.29 is 26.9 Å². The van der Waals surface area contributed by atoms with Crippen LogP contribution in [-0.2, 0) is 5.41 Å². The Hall–Kier alpha value is -3.68. The van der Waals surface area contributed by atoms with Gasteiger partial charge in [0.15, 0.2) is 5.41 Å². The van der Waals surface area contributed by atoms with Gasteiger partial charge in [0.05, 0.1) is 0 Å². The van der Waals surface area contributed by atoms with E-state index in [1.165, 1.54) is 24.3 Å². The van der Waals surface area contributed by atoms with Gasteiger partial charge >= 0.3 is 6.18 Å². The molecule has 3 heterocycles. The minimum atomic E-state index is -4.76. The zero-order chi connectivity index (χ0) is 21.5. The largest absolute Gasteiger partial charge is 0.405 e. The Balaban J connectivity index is 1.64. The number of nitrogens with zero attached hydrogens (tertiary/aromatic N) is 4. The van der Waals surface area contributed by atoms with Crippen molar-refractivity contribution >= 4 is 5.91 Å². The quantitative estimate of drug-likeness (QED) is 0.656. The molecule has 1 fully saturated rings. The van der Waals surface area contributed by atoms with Gasteiger partial charge in [-0.3, -0.25) is 4.79 Å². The molecular weight excluding hydrogens is 406 g/mol. The van der Waals surface area contributed by atoms with Gasteiger partial charge in [-0.25, -0.2) is 4.39 Å². The third-order valence-electron chi connectivity index (χ3n) is 5.07. The van der Waals surface area contributed by atoms with E-state index in [9.17, 15) is 22.4 Å². The fraction of sp³-hybridized carbons (Fsp3) is 0.263. The number of halogens is 4. The molecule has 1 aromatic carbocycles. The molecule has 7 nitrogen and oxygen atoms in total. The van der Waals surface area contributed by atoms with Gasteiger partial charge in [-0.2, -0.15) is 23.4 Å². The van der Waals surface area contributed by atoms with Crippen molar-refractivity contribution in [3.8, 4) is 17.5 Å². The average molecular weight is 419 g/mol. The van der Waals surface area contributed by atoms with Crippen LogP contribution < -0.4 is 0 Å². The number of nitriles is 1. The fourth-order valence-electron chi connectivity index (χ4n) is 3.40. The summed E-state index contributed by atoms with van der Waals surface area (Å²) in [6.07, 6.45) is -5.22. The lowest BCUT2D eigenvalue weighted by atomic mass is 9.86. The number of hydrogen-bond acceptors (Lipinski definition) is 5. The molecule has 1 N–H and O–H groups in total. The first kappa shape index (κ1) is 19.6. The van der Waals surface area contributed by atoms with Crippen LogP contribution in [0.4, 0.5) is 17.6 Å². The number of rotatable bonds is 3. The lowest BCUT2D eigenvalue weighted by Crippen LogP contribution is -2.46. The van der Waals surface area contributed by atoms with Crippen molar-refractivity contribution in [3.63, 3.8) is 0 Å². The number of nitrogens with one attached hydrogen (secondary N) is 1. The van der Waals surface area contributed by atoms with Crippen LogP contribution in [0, 0.1) is 17.1 Å². The number of carbonyl (C=O) groups is 1. The molecule has 1 saturated heterocycles. The molecule has 0 aliphatic carbocycles. The molecule has 3 aromatic rings. The highest BCUT2D eigenvalue weighted by Crippen LogP contribution is 2.47. The second-order valence-corrected chi connectivity index (χ2v) is 6.88. The normalized spacial score (nSPS) is 19.1. The number of carbonyl (C=O) groups excluding carboxylic acids is 1. The highest BCUT2D eigenvalue weighted by molar-refractivity contribution is 5.93. The molecule has 0 saturated carbocycles. The third kappa shape index (κ3) is 3.20. The molecule has 1 aliphatic heterocycles. The van der Waals surface area contributed by atoms with Crippen molar-refractivity contribution in [1.29, 1.82) is 5.26 Å². The first-order valence-corrected chi connectivity index (χ1v) is 8.79. The van der Waals surface area contributed by atoms with Gasteiger partial charge in [-0.15, -0.1) is 0 Å². The van der Waals surface area contributed by atoms with E-state index in [1.54, 1.807) is 0 Å². The molecular formula is C19H13F4N5O2. The maximum absolute atomic E-state index is 14.1. The zero-order valence-electron chi connectivity index (χ0n) is 15.2. The van der Waals surface area contributed by atoms with Gasteiger partial charge in [-0.1, -0.05) is 5.16 Å². The van der Waals surface area contributed by atoms with E-state index in [4.69, 9.17) is 9.78 Å². The summed E-state index contributed by atoms with van der Waals surface area (Å²) in [4.78, 5) is 20.1. The van der Waals surface area contributed by atoms with Gasteiger partial charge in [-0.05, 0) is 42.8 Å². The molecule has 4 rings (SSSR count). The Morgan fingerprint density at radius 2 is 1.97 bits per heavy atom. The SMILES string of the molecule is N#Cc1ccc(C(=O)N2CCC(c3nc(-c4ccc(F)cc4)no3)(C(F)(F)F)C2)[nH]1. The second-order valence-electron chi connectivity index (χ2n) is 6.88. The molecule has 2 aromatic heterocycles. The van der Waals surface area contributed by atoms with E-state index in [0.29, 0.717) is 5.56 Å². The Kier molecular flexibility index (Phi) is 4.57. The fourth-order valence-corrected chi connectivity index (χ4v) is 3.40. The number of amides is 1. The van der Waals surface area contributed by atoms with Crippen LogP contribution in [0.5, 0.6) is 0 Å². The number of likely N-dealkylation sites (tertiary alicyclic amines) is 1. The average Bonchev–Trinajstić information content (AvgIpc) is 3.46. The van der Waals surface area contributed by atoms with Crippen molar-refractivity contribution in [2.45, 2.75) is 18.0 Å². The van der Waals surface area contributed by atoms with Crippen molar-refractivity contribution in [2.24, 2.45) is 0 Å². The number of H-pyrrole nitrogens is 1. The summed E-state index contributed by atoms with van der Waals surface area (Å²) in [6, 6.07) is 9.44. The smallest absolute Gasteiger partial charge is 0.342 e. The van der Waals surface area contributed by atoms with Crippen LogP contribution in [0.25, 0.3) is 11.4 Å². The van der Waals surface area contributed by atoms with Gasteiger partial charge < -0.3 is 14.4 Å². The Morgan fingerprint density at radius 3 is 2.60 bits per heavy atom. The van der Waals surface area contributed by atoms with Gasteiger partial charge in [0.1, 0.15) is 23.3 Å². The Morgan fingerprint density at radius 1 is 1.23 bits per heavy atom. The molecule has 0 bridgehead atoms. The highest BCUT2D eigenvalue weighted by atomic mass is 19.4. The van der Waals surface area contributed by atoms with Gasteiger partial charge in [0.2, 0.25) is 11.7 Å². The topological polar surface area (TPSA) is 98.8 Å². The van der Waals surface area contributed by atoms with Crippen LogP contribution in [0.15, 0.2) is 40.9 Å². The Bertz CT molecular complexity index is 1130. The maximum Gasteiger partial charge on any atom is 0.405 e. The summed E-state index contributed by atoms with van der Waals surface area (Å²) in [7, 11) is 0. The van der Waals surface area contributed by atoms with Crippen molar-refractivity contribution in [1.82, 2.24) is 20.0 Å². The summed E-state index contributed by atoms with van der Waals surface area (Å²) in [6.45, 7) is -0.894. The molecule has 1 amide bonds. The third-order valence-corrected chi connectivity index (χ3v) is 5.07. The summed E-state index contributed by atoms with van der Waals surface area (Å²) in [5, 5.41) is 12.5. The highest BCUT2D eigenvalue weighted by Gasteiger charge is 2.63. The predicted molar refractivity (Wildman–Crippen MR) is 93.5 cm³/mol. The zero-order valence-corrected chi connectivity index (χ0v) is 15.2. The first-order chi connectivity index (χ1) is 14.2. The van der Waals surface area contributed by atoms with E-state index in [2.05, 4.69) is 15.1 Å². The molecule has 1 unspecified atom stereocenters. The van der Waals surface area contributed by atoms with Crippen molar-refractivity contribution in [2.75, 3.05) is 13.1 Å². The van der Waals surface area contributed by atoms with Crippen LogP contribution in [-0.4, -0.2) is 45.2 Å². The summed E-state index contributed by atoms with van der Waals surface area (Å²) >= 11 is 0. The minimum absolute atomic E-state index is 0.0158. The number of alkyl halides is 3. The van der Waals surface area contributed by atoms with Crippen molar-refractivity contribution in [3.05, 3.63) is 59.5 Å². The standard InChI is InChI=1S/C19H13F4N5O2/c20-12-3-1-11(2-4-12)15-26-17(30-27-15)18(19(21,22)23)7-8-28(10-18)16(29)14-6-5-13(9-24)25-14/h1-6,25H,7-8,10H2. The molecule has 1 aliphatic rings. The maximum atomic E-state index is 14.1. The molecule has 11 heteroatoms. The minimum Gasteiger partial charge on any atom is -0.342 e. The van der Waals surface area contributed by atoms with E-state index in [0.717, 1.165) is 17.0 Å². The van der Waals surface area contributed by atoms with Gasteiger partial charge in [0.25, 0.3) is 5.91 Å². The number of benzene rings is 1. The monoisotopic (exact) mass is 419 g/mol. The molecule has 0 radical (unpaired) electrons. The summed E-state index contributed by atoms with van der Waals surface area (Å²) in [5.41, 5.74) is -2.09. The van der Waals surface area contributed by atoms with Gasteiger partial charge in [0, 0.05) is 18.7 Å². The summed E-state index contributed by atoms with van der Waals surface area (Å²) < 4.78 is 60.3. The number of aromatic nitrogens is 3.